The third-order valence-electron chi connectivity index (χ3n) is 2.65. The van der Waals surface area contributed by atoms with Crippen molar-refractivity contribution in [2.75, 3.05) is 0 Å². The molecule has 69 valence electrons. The molecule has 0 amide bonds. The zero-order chi connectivity index (χ0) is 9.38. The summed E-state index contributed by atoms with van der Waals surface area (Å²) in [7, 11) is 0. The first-order chi connectivity index (χ1) is 6.95. The lowest BCUT2D eigenvalue weighted by Gasteiger charge is -1.99. The number of nitrogens with zero attached hydrogens (tertiary/aromatic N) is 1. The fraction of sp³-hybridized carbons (Fsp3) is 0.250. The van der Waals surface area contributed by atoms with Crippen LogP contribution in [0.1, 0.15) is 24.5 Å². The SMILES string of the molecule is [c]1cccc(-c2c[nH]nc2C2CC2)c1. The second kappa shape index (κ2) is 2.98. The van der Waals surface area contributed by atoms with E-state index in [1.54, 1.807) is 0 Å². The zero-order valence-electron chi connectivity index (χ0n) is 7.83. The Balaban J connectivity index is 2.07. The summed E-state index contributed by atoms with van der Waals surface area (Å²) in [4.78, 5) is 0. The fourth-order valence-electron chi connectivity index (χ4n) is 1.76. The van der Waals surface area contributed by atoms with Gasteiger partial charge < -0.3 is 0 Å². The lowest BCUT2D eigenvalue weighted by molar-refractivity contribution is 0.966. The number of rotatable bonds is 2. The summed E-state index contributed by atoms with van der Waals surface area (Å²) in [5.41, 5.74) is 3.68. The van der Waals surface area contributed by atoms with E-state index >= 15 is 0 Å². The Labute approximate surface area is 83.0 Å². The Morgan fingerprint density at radius 2 is 2.36 bits per heavy atom. The minimum absolute atomic E-state index is 0.691. The van der Waals surface area contributed by atoms with Crippen LogP contribution in [-0.4, -0.2) is 10.2 Å². The van der Waals surface area contributed by atoms with E-state index in [-0.39, 0.29) is 0 Å². The van der Waals surface area contributed by atoms with Crippen LogP contribution in [0.5, 0.6) is 0 Å². The van der Waals surface area contributed by atoms with E-state index in [1.165, 1.54) is 29.7 Å². The van der Waals surface area contributed by atoms with E-state index < -0.39 is 0 Å². The third-order valence-corrected chi connectivity index (χ3v) is 2.65. The highest BCUT2D eigenvalue weighted by molar-refractivity contribution is 5.65. The molecule has 1 saturated carbocycles. The van der Waals surface area contributed by atoms with Crippen molar-refractivity contribution in [3.63, 3.8) is 0 Å². The van der Waals surface area contributed by atoms with Gasteiger partial charge in [0.05, 0.1) is 5.69 Å². The second-order valence-electron chi connectivity index (χ2n) is 3.75. The van der Waals surface area contributed by atoms with E-state index in [0.717, 1.165) is 0 Å². The number of aromatic amines is 1. The molecule has 0 aliphatic heterocycles. The monoisotopic (exact) mass is 183 g/mol. The number of hydrogen-bond donors (Lipinski definition) is 1. The molecule has 1 aromatic heterocycles. The zero-order valence-corrected chi connectivity index (χ0v) is 7.83. The van der Waals surface area contributed by atoms with Crippen molar-refractivity contribution in [3.8, 4) is 11.1 Å². The van der Waals surface area contributed by atoms with Gasteiger partial charge in [0.25, 0.3) is 0 Å². The summed E-state index contributed by atoms with van der Waals surface area (Å²) in [6.07, 6.45) is 4.56. The Morgan fingerprint density at radius 3 is 3.07 bits per heavy atom. The number of aromatic nitrogens is 2. The predicted octanol–water partition coefficient (Wildman–Crippen LogP) is 2.75. The molecule has 3 rings (SSSR count). The summed E-state index contributed by atoms with van der Waals surface area (Å²) in [5.74, 6) is 0.691. The molecule has 14 heavy (non-hydrogen) atoms. The largest absolute Gasteiger partial charge is 0.285 e. The van der Waals surface area contributed by atoms with Crippen molar-refractivity contribution in [1.82, 2.24) is 10.2 Å². The van der Waals surface area contributed by atoms with E-state index in [0.29, 0.717) is 5.92 Å². The first-order valence-electron chi connectivity index (χ1n) is 4.95. The second-order valence-corrected chi connectivity index (χ2v) is 3.75. The lowest BCUT2D eigenvalue weighted by atomic mass is 10.0. The summed E-state index contributed by atoms with van der Waals surface area (Å²) >= 11 is 0. The molecule has 1 heterocycles. The van der Waals surface area contributed by atoms with Gasteiger partial charge in [-0.05, 0) is 30.5 Å². The highest BCUT2D eigenvalue weighted by atomic mass is 15.1. The van der Waals surface area contributed by atoms with Gasteiger partial charge in [-0.25, -0.2) is 0 Å². The molecule has 2 heteroatoms. The van der Waals surface area contributed by atoms with Gasteiger partial charge in [0.1, 0.15) is 0 Å². The van der Waals surface area contributed by atoms with Gasteiger partial charge in [-0.1, -0.05) is 18.2 Å². The lowest BCUT2D eigenvalue weighted by Crippen LogP contribution is -1.83. The minimum Gasteiger partial charge on any atom is -0.285 e. The van der Waals surface area contributed by atoms with Gasteiger partial charge >= 0.3 is 0 Å². The van der Waals surface area contributed by atoms with E-state index in [9.17, 15) is 0 Å². The summed E-state index contributed by atoms with van der Waals surface area (Å²) < 4.78 is 0. The van der Waals surface area contributed by atoms with Gasteiger partial charge in [0, 0.05) is 17.7 Å². The van der Waals surface area contributed by atoms with Crippen LogP contribution in [0.3, 0.4) is 0 Å². The number of hydrogen-bond acceptors (Lipinski definition) is 1. The Bertz CT molecular complexity index is 427. The highest BCUT2D eigenvalue weighted by Crippen LogP contribution is 2.42. The summed E-state index contributed by atoms with van der Waals surface area (Å²) in [6.45, 7) is 0. The van der Waals surface area contributed by atoms with Crippen LogP contribution < -0.4 is 0 Å². The molecule has 1 N–H and O–H groups in total. The van der Waals surface area contributed by atoms with Gasteiger partial charge in [-0.2, -0.15) is 5.10 Å². The summed E-state index contributed by atoms with van der Waals surface area (Å²) in [6, 6.07) is 11.1. The van der Waals surface area contributed by atoms with Gasteiger partial charge in [-0.3, -0.25) is 5.10 Å². The molecule has 1 aliphatic carbocycles. The molecule has 0 unspecified atom stereocenters. The van der Waals surface area contributed by atoms with Crippen LogP contribution in [0.15, 0.2) is 30.5 Å². The van der Waals surface area contributed by atoms with E-state index in [1.807, 2.05) is 24.4 Å². The smallest absolute Gasteiger partial charge is 0.0731 e. The van der Waals surface area contributed by atoms with Crippen molar-refractivity contribution in [1.29, 1.82) is 0 Å². The Kier molecular flexibility index (Phi) is 1.66. The molecule has 1 aliphatic rings. The molecule has 2 nitrogen and oxygen atoms in total. The first-order valence-corrected chi connectivity index (χ1v) is 4.95. The van der Waals surface area contributed by atoms with Crippen molar-refractivity contribution < 1.29 is 0 Å². The van der Waals surface area contributed by atoms with E-state index in [4.69, 9.17) is 0 Å². The van der Waals surface area contributed by atoms with Crippen molar-refractivity contribution in [3.05, 3.63) is 42.2 Å². The van der Waals surface area contributed by atoms with Gasteiger partial charge in [-0.15, -0.1) is 0 Å². The van der Waals surface area contributed by atoms with Gasteiger partial charge in [0.15, 0.2) is 0 Å². The molecule has 1 radical (unpaired) electrons. The molecule has 0 bridgehead atoms. The van der Waals surface area contributed by atoms with Crippen LogP contribution in [-0.2, 0) is 0 Å². The molecule has 1 fully saturated rings. The van der Waals surface area contributed by atoms with Crippen LogP contribution in [0, 0.1) is 6.07 Å². The van der Waals surface area contributed by atoms with E-state index in [2.05, 4.69) is 22.3 Å². The maximum atomic E-state index is 4.32. The standard InChI is InChI=1S/C12H11N2/c1-2-4-9(5-3-1)11-8-13-14-12(11)10-6-7-10/h1-2,4-5,8,10H,6-7H2,(H,13,14). The predicted molar refractivity (Wildman–Crippen MR) is 54.8 cm³/mol. The number of benzene rings is 1. The number of H-pyrrole nitrogens is 1. The van der Waals surface area contributed by atoms with Crippen LogP contribution >= 0.6 is 0 Å². The van der Waals surface area contributed by atoms with Crippen molar-refractivity contribution in [2.45, 2.75) is 18.8 Å². The van der Waals surface area contributed by atoms with Crippen molar-refractivity contribution in [2.24, 2.45) is 0 Å². The van der Waals surface area contributed by atoms with Crippen LogP contribution in [0.25, 0.3) is 11.1 Å². The molecular weight excluding hydrogens is 172 g/mol. The normalized spacial score (nSPS) is 15.7. The summed E-state index contributed by atoms with van der Waals surface area (Å²) in [5, 5.41) is 7.27. The molecular formula is C12H11N2. The van der Waals surface area contributed by atoms with Gasteiger partial charge in [0.2, 0.25) is 0 Å². The fourth-order valence-corrected chi connectivity index (χ4v) is 1.76. The third kappa shape index (κ3) is 1.23. The Hall–Kier alpha value is -1.57. The average Bonchev–Trinajstić information content (AvgIpc) is 2.98. The average molecular weight is 183 g/mol. The molecule has 0 atom stereocenters. The van der Waals surface area contributed by atoms with Crippen LogP contribution in [0.4, 0.5) is 0 Å². The maximum Gasteiger partial charge on any atom is 0.0731 e. The molecule has 2 aromatic rings. The molecule has 0 spiro atoms. The topological polar surface area (TPSA) is 28.7 Å². The maximum absolute atomic E-state index is 4.32. The molecule has 0 saturated heterocycles. The first kappa shape index (κ1) is 7.80. The Morgan fingerprint density at radius 1 is 1.43 bits per heavy atom. The van der Waals surface area contributed by atoms with Crippen molar-refractivity contribution >= 4 is 0 Å². The number of nitrogens with one attached hydrogen (secondary N) is 1. The minimum atomic E-state index is 0.691. The molecule has 1 aromatic carbocycles. The highest BCUT2D eigenvalue weighted by Gasteiger charge is 2.28. The van der Waals surface area contributed by atoms with Crippen LogP contribution in [0.2, 0.25) is 0 Å². The quantitative estimate of drug-likeness (QED) is 0.762.